The lowest BCUT2D eigenvalue weighted by molar-refractivity contribution is 0.211. The summed E-state index contributed by atoms with van der Waals surface area (Å²) < 4.78 is 37.6. The highest BCUT2D eigenvalue weighted by Gasteiger charge is 2.15. The fourth-order valence-corrected chi connectivity index (χ4v) is 2.49. The molecule has 0 saturated carbocycles. The second-order valence-corrected chi connectivity index (χ2v) is 5.51. The Bertz CT molecular complexity index is 661. The number of rotatable bonds is 5. The standard InChI is InChI=1S/C17H18F2N2O2/c18-14-6-5-13(9-15(14)19)23-17-16(4-2-8-21-17)22-11-12-3-1-7-20-10-12/h2,4-6,8-9,12,20H,1,3,7,10-11H2/t12-/m0/s1. The molecule has 1 aromatic carbocycles. The van der Waals surface area contributed by atoms with E-state index in [0.717, 1.165) is 38.1 Å². The molecule has 1 aliphatic rings. The number of hydrogen-bond donors (Lipinski definition) is 1. The van der Waals surface area contributed by atoms with Crippen molar-refractivity contribution in [2.45, 2.75) is 12.8 Å². The zero-order chi connectivity index (χ0) is 16.1. The van der Waals surface area contributed by atoms with Crippen LogP contribution in [0, 0.1) is 17.6 Å². The first kappa shape index (κ1) is 15.7. The molecule has 0 aliphatic carbocycles. The van der Waals surface area contributed by atoms with E-state index in [9.17, 15) is 8.78 Å². The van der Waals surface area contributed by atoms with E-state index in [2.05, 4.69) is 10.3 Å². The lowest BCUT2D eigenvalue weighted by Crippen LogP contribution is -2.33. The Morgan fingerprint density at radius 2 is 2.13 bits per heavy atom. The summed E-state index contributed by atoms with van der Waals surface area (Å²) in [4.78, 5) is 4.11. The highest BCUT2D eigenvalue weighted by molar-refractivity contribution is 5.37. The third-order valence-electron chi connectivity index (χ3n) is 3.72. The van der Waals surface area contributed by atoms with Crippen LogP contribution in [0.15, 0.2) is 36.5 Å². The van der Waals surface area contributed by atoms with Gasteiger partial charge in [0, 0.05) is 24.7 Å². The van der Waals surface area contributed by atoms with Crippen LogP contribution in [0.25, 0.3) is 0 Å². The summed E-state index contributed by atoms with van der Waals surface area (Å²) >= 11 is 0. The van der Waals surface area contributed by atoms with Gasteiger partial charge < -0.3 is 14.8 Å². The molecule has 1 saturated heterocycles. The Hall–Kier alpha value is -2.21. The van der Waals surface area contributed by atoms with Crippen LogP contribution in [0.2, 0.25) is 0 Å². The Kier molecular flexibility index (Phi) is 5.02. The van der Waals surface area contributed by atoms with Crippen molar-refractivity contribution in [3.8, 4) is 17.4 Å². The molecular formula is C17H18F2N2O2. The third kappa shape index (κ3) is 4.16. The molecule has 23 heavy (non-hydrogen) atoms. The van der Waals surface area contributed by atoms with Gasteiger partial charge in [-0.05, 0) is 43.7 Å². The summed E-state index contributed by atoms with van der Waals surface area (Å²) in [5.74, 6) is -0.536. The van der Waals surface area contributed by atoms with Crippen molar-refractivity contribution in [3.63, 3.8) is 0 Å². The van der Waals surface area contributed by atoms with Crippen LogP contribution in [0.1, 0.15) is 12.8 Å². The fraction of sp³-hybridized carbons (Fsp3) is 0.353. The summed E-state index contributed by atoms with van der Waals surface area (Å²) in [7, 11) is 0. The van der Waals surface area contributed by atoms with E-state index >= 15 is 0 Å². The highest BCUT2D eigenvalue weighted by Crippen LogP contribution is 2.30. The molecule has 1 fully saturated rings. The maximum Gasteiger partial charge on any atom is 0.262 e. The molecule has 122 valence electrons. The van der Waals surface area contributed by atoms with E-state index in [1.54, 1.807) is 18.3 Å². The second kappa shape index (κ2) is 7.37. The Labute approximate surface area is 133 Å². The lowest BCUT2D eigenvalue weighted by atomic mass is 10.0. The van der Waals surface area contributed by atoms with Gasteiger partial charge in [-0.1, -0.05) is 0 Å². The summed E-state index contributed by atoms with van der Waals surface area (Å²) in [6.45, 7) is 2.54. The van der Waals surface area contributed by atoms with Crippen LogP contribution in [-0.4, -0.2) is 24.7 Å². The minimum absolute atomic E-state index is 0.173. The zero-order valence-electron chi connectivity index (χ0n) is 12.6. The lowest BCUT2D eigenvalue weighted by Gasteiger charge is -2.23. The van der Waals surface area contributed by atoms with Crippen molar-refractivity contribution in [2.24, 2.45) is 5.92 Å². The molecule has 0 spiro atoms. The van der Waals surface area contributed by atoms with Gasteiger partial charge in [0.05, 0.1) is 6.61 Å². The van der Waals surface area contributed by atoms with E-state index < -0.39 is 11.6 Å². The van der Waals surface area contributed by atoms with Gasteiger partial charge in [0.25, 0.3) is 5.88 Å². The average Bonchev–Trinajstić information content (AvgIpc) is 2.58. The molecule has 1 N–H and O–H groups in total. The molecule has 6 heteroatoms. The number of nitrogens with zero attached hydrogens (tertiary/aromatic N) is 1. The molecule has 1 atom stereocenters. The third-order valence-corrected chi connectivity index (χ3v) is 3.72. The highest BCUT2D eigenvalue weighted by atomic mass is 19.2. The number of ether oxygens (including phenoxy) is 2. The van der Waals surface area contributed by atoms with Crippen LogP contribution < -0.4 is 14.8 Å². The smallest absolute Gasteiger partial charge is 0.262 e. The Balaban J connectivity index is 1.68. The number of hydrogen-bond acceptors (Lipinski definition) is 4. The van der Waals surface area contributed by atoms with E-state index in [-0.39, 0.29) is 11.6 Å². The molecule has 1 aliphatic heterocycles. The van der Waals surface area contributed by atoms with E-state index in [4.69, 9.17) is 9.47 Å². The van der Waals surface area contributed by atoms with Gasteiger partial charge in [0.1, 0.15) is 5.75 Å². The molecule has 2 aromatic rings. The molecule has 2 heterocycles. The number of benzene rings is 1. The second-order valence-electron chi connectivity index (χ2n) is 5.51. The van der Waals surface area contributed by atoms with Crippen molar-refractivity contribution in [3.05, 3.63) is 48.2 Å². The predicted molar refractivity (Wildman–Crippen MR) is 81.8 cm³/mol. The first-order valence-electron chi connectivity index (χ1n) is 7.64. The summed E-state index contributed by atoms with van der Waals surface area (Å²) in [5, 5.41) is 3.33. The van der Waals surface area contributed by atoms with Crippen LogP contribution in [0.4, 0.5) is 8.78 Å². The summed E-state index contributed by atoms with van der Waals surface area (Å²) in [6, 6.07) is 6.84. The van der Waals surface area contributed by atoms with Crippen LogP contribution in [-0.2, 0) is 0 Å². The van der Waals surface area contributed by atoms with Gasteiger partial charge in [0.2, 0.25) is 0 Å². The zero-order valence-corrected chi connectivity index (χ0v) is 12.6. The number of pyridine rings is 1. The average molecular weight is 320 g/mol. The predicted octanol–water partition coefficient (Wildman–Crippen LogP) is 3.53. The first-order valence-corrected chi connectivity index (χ1v) is 7.64. The summed E-state index contributed by atoms with van der Waals surface area (Å²) in [5.41, 5.74) is 0. The SMILES string of the molecule is Fc1ccc(Oc2ncccc2OC[C@H]2CCCNC2)cc1F. The molecule has 0 bridgehead atoms. The maximum atomic E-state index is 13.3. The van der Waals surface area contributed by atoms with Gasteiger partial charge in [-0.3, -0.25) is 0 Å². The van der Waals surface area contributed by atoms with Crippen molar-refractivity contribution in [1.29, 1.82) is 0 Å². The summed E-state index contributed by atoms with van der Waals surface area (Å²) in [6.07, 6.45) is 3.82. The topological polar surface area (TPSA) is 43.4 Å². The van der Waals surface area contributed by atoms with Gasteiger partial charge in [-0.25, -0.2) is 13.8 Å². The number of nitrogens with one attached hydrogen (secondary N) is 1. The molecule has 1 aromatic heterocycles. The van der Waals surface area contributed by atoms with E-state index in [1.165, 1.54) is 6.07 Å². The molecular weight excluding hydrogens is 302 g/mol. The molecule has 0 amide bonds. The molecule has 0 radical (unpaired) electrons. The van der Waals surface area contributed by atoms with E-state index in [1.807, 2.05) is 0 Å². The number of aromatic nitrogens is 1. The Morgan fingerprint density at radius 1 is 1.22 bits per heavy atom. The largest absolute Gasteiger partial charge is 0.488 e. The minimum Gasteiger partial charge on any atom is -0.488 e. The van der Waals surface area contributed by atoms with Crippen molar-refractivity contribution in [1.82, 2.24) is 10.3 Å². The van der Waals surface area contributed by atoms with Gasteiger partial charge in [-0.2, -0.15) is 0 Å². The quantitative estimate of drug-likeness (QED) is 0.915. The van der Waals surface area contributed by atoms with Crippen LogP contribution >= 0.6 is 0 Å². The maximum absolute atomic E-state index is 13.3. The van der Waals surface area contributed by atoms with Crippen LogP contribution in [0.5, 0.6) is 17.4 Å². The van der Waals surface area contributed by atoms with E-state index in [0.29, 0.717) is 18.3 Å². The van der Waals surface area contributed by atoms with Gasteiger partial charge in [0.15, 0.2) is 17.4 Å². The fourth-order valence-electron chi connectivity index (χ4n) is 2.49. The Morgan fingerprint density at radius 3 is 2.91 bits per heavy atom. The van der Waals surface area contributed by atoms with Gasteiger partial charge in [-0.15, -0.1) is 0 Å². The first-order chi connectivity index (χ1) is 11.2. The van der Waals surface area contributed by atoms with Crippen molar-refractivity contribution in [2.75, 3.05) is 19.7 Å². The van der Waals surface area contributed by atoms with Crippen LogP contribution in [0.3, 0.4) is 0 Å². The minimum atomic E-state index is -0.964. The molecule has 3 rings (SSSR count). The molecule has 0 unspecified atom stereocenters. The number of halogens is 2. The molecule has 4 nitrogen and oxygen atoms in total. The van der Waals surface area contributed by atoms with Crippen molar-refractivity contribution < 1.29 is 18.3 Å². The van der Waals surface area contributed by atoms with Gasteiger partial charge >= 0.3 is 0 Å². The monoisotopic (exact) mass is 320 g/mol. The normalized spacial score (nSPS) is 17.7. The number of piperidine rings is 1. The van der Waals surface area contributed by atoms with Crippen molar-refractivity contribution >= 4 is 0 Å².